The Balaban J connectivity index is 2.18. The molecule has 0 bridgehead atoms. The topological polar surface area (TPSA) is 32.3 Å². The Morgan fingerprint density at radius 2 is 1.95 bits per heavy atom. The van der Waals surface area contributed by atoms with E-state index in [1.54, 1.807) is 0 Å². The van der Waals surface area contributed by atoms with Crippen LogP contribution >= 0.6 is 0 Å². The Labute approximate surface area is 122 Å². The Morgan fingerprint density at radius 3 is 2.55 bits per heavy atom. The Kier molecular flexibility index (Phi) is 4.36. The quantitative estimate of drug-likeness (QED) is 0.911. The van der Waals surface area contributed by atoms with Crippen molar-refractivity contribution >= 4 is 11.6 Å². The molecule has 1 fully saturated rings. The highest BCUT2D eigenvalue weighted by Gasteiger charge is 2.29. The van der Waals surface area contributed by atoms with Crippen molar-refractivity contribution in [2.24, 2.45) is 5.41 Å². The summed E-state index contributed by atoms with van der Waals surface area (Å²) < 4.78 is 0. The molecule has 0 aliphatic carbocycles. The van der Waals surface area contributed by atoms with E-state index in [0.717, 1.165) is 49.3 Å². The zero-order valence-electron chi connectivity index (χ0n) is 13.1. The first kappa shape index (κ1) is 14.9. The first-order valence-electron chi connectivity index (χ1n) is 7.57. The highest BCUT2D eigenvalue weighted by atomic mass is 16.2. The van der Waals surface area contributed by atoms with Crippen molar-refractivity contribution in [2.75, 3.05) is 25.0 Å². The third-order valence-corrected chi connectivity index (χ3v) is 4.18. The molecule has 1 aliphatic rings. The molecule has 0 radical (unpaired) electrons. The molecule has 20 heavy (non-hydrogen) atoms. The van der Waals surface area contributed by atoms with Gasteiger partial charge in [-0.1, -0.05) is 25.5 Å². The van der Waals surface area contributed by atoms with Crippen molar-refractivity contribution in [1.82, 2.24) is 4.90 Å². The highest BCUT2D eigenvalue weighted by Crippen LogP contribution is 2.31. The summed E-state index contributed by atoms with van der Waals surface area (Å²) in [5.74, 6) is 0.167. The molecular formula is C17H26N2O. The minimum atomic E-state index is 0.167. The predicted octanol–water partition coefficient (Wildman–Crippen LogP) is 3.69. The molecule has 1 amide bonds. The van der Waals surface area contributed by atoms with Crippen LogP contribution in [0, 0.1) is 12.3 Å². The van der Waals surface area contributed by atoms with Gasteiger partial charge in [-0.2, -0.15) is 0 Å². The lowest BCUT2D eigenvalue weighted by molar-refractivity contribution is 0.0631. The molecule has 0 spiro atoms. The van der Waals surface area contributed by atoms with E-state index in [2.05, 4.69) is 26.1 Å². The van der Waals surface area contributed by atoms with Gasteiger partial charge in [0.05, 0.1) is 5.56 Å². The lowest BCUT2D eigenvalue weighted by Crippen LogP contribution is -2.41. The maximum atomic E-state index is 12.7. The zero-order chi connectivity index (χ0) is 14.8. The fourth-order valence-corrected chi connectivity index (χ4v) is 2.67. The number of rotatable bonds is 3. The molecule has 1 heterocycles. The number of nitrogens with zero attached hydrogens (tertiary/aromatic N) is 1. The Hall–Kier alpha value is -1.51. The van der Waals surface area contributed by atoms with E-state index in [0.29, 0.717) is 5.41 Å². The average Bonchev–Trinajstić information content (AvgIpc) is 2.40. The number of hydrogen-bond donors (Lipinski definition) is 1. The summed E-state index contributed by atoms with van der Waals surface area (Å²) in [6.07, 6.45) is 2.17. The Morgan fingerprint density at radius 1 is 1.30 bits per heavy atom. The van der Waals surface area contributed by atoms with Crippen molar-refractivity contribution < 1.29 is 4.79 Å². The SMILES string of the molecule is CCNc1ccc(C)cc1C(=O)N1CCC(C)(C)CC1. The van der Waals surface area contributed by atoms with Crippen LogP contribution in [-0.2, 0) is 0 Å². The summed E-state index contributed by atoms with van der Waals surface area (Å²) >= 11 is 0. The van der Waals surface area contributed by atoms with Gasteiger partial charge < -0.3 is 10.2 Å². The summed E-state index contributed by atoms with van der Waals surface area (Å²) in [7, 11) is 0. The smallest absolute Gasteiger partial charge is 0.255 e. The van der Waals surface area contributed by atoms with Crippen molar-refractivity contribution in [3.8, 4) is 0 Å². The van der Waals surface area contributed by atoms with Crippen LogP contribution in [0.5, 0.6) is 0 Å². The minimum Gasteiger partial charge on any atom is -0.385 e. The molecule has 110 valence electrons. The molecule has 0 aromatic heterocycles. The second-order valence-corrected chi connectivity index (χ2v) is 6.54. The number of likely N-dealkylation sites (tertiary alicyclic amines) is 1. The first-order valence-corrected chi connectivity index (χ1v) is 7.57. The third-order valence-electron chi connectivity index (χ3n) is 4.18. The molecule has 1 aromatic carbocycles. The van der Waals surface area contributed by atoms with Crippen molar-refractivity contribution in [1.29, 1.82) is 0 Å². The highest BCUT2D eigenvalue weighted by molar-refractivity contribution is 5.99. The van der Waals surface area contributed by atoms with Gasteiger partial charge in [-0.25, -0.2) is 0 Å². The maximum absolute atomic E-state index is 12.7. The zero-order valence-corrected chi connectivity index (χ0v) is 13.1. The fourth-order valence-electron chi connectivity index (χ4n) is 2.67. The van der Waals surface area contributed by atoms with E-state index in [4.69, 9.17) is 0 Å². The van der Waals surface area contributed by atoms with Crippen LogP contribution in [0.2, 0.25) is 0 Å². The molecule has 1 saturated heterocycles. The predicted molar refractivity (Wildman–Crippen MR) is 84.3 cm³/mol. The molecule has 0 atom stereocenters. The van der Waals surface area contributed by atoms with Gasteiger partial charge in [0.25, 0.3) is 5.91 Å². The summed E-state index contributed by atoms with van der Waals surface area (Å²) in [4.78, 5) is 14.7. The standard InChI is InChI=1S/C17H26N2O/c1-5-18-15-7-6-13(2)12-14(15)16(20)19-10-8-17(3,4)9-11-19/h6-7,12,18H,5,8-11H2,1-4H3. The van der Waals surface area contributed by atoms with Gasteiger partial charge in [0.15, 0.2) is 0 Å². The Bertz CT molecular complexity index is 484. The second-order valence-electron chi connectivity index (χ2n) is 6.54. The monoisotopic (exact) mass is 274 g/mol. The number of hydrogen-bond acceptors (Lipinski definition) is 2. The lowest BCUT2D eigenvalue weighted by Gasteiger charge is -2.37. The first-order chi connectivity index (χ1) is 9.43. The lowest BCUT2D eigenvalue weighted by atomic mass is 9.82. The van der Waals surface area contributed by atoms with Crippen LogP contribution in [0.15, 0.2) is 18.2 Å². The summed E-state index contributed by atoms with van der Waals surface area (Å²) in [6, 6.07) is 6.06. The second kappa shape index (κ2) is 5.86. The third kappa shape index (κ3) is 3.33. The molecule has 3 nitrogen and oxygen atoms in total. The summed E-state index contributed by atoms with van der Waals surface area (Å²) in [5, 5.41) is 3.29. The largest absolute Gasteiger partial charge is 0.385 e. The minimum absolute atomic E-state index is 0.167. The summed E-state index contributed by atoms with van der Waals surface area (Å²) in [6.45, 7) is 11.2. The van der Waals surface area contributed by atoms with E-state index in [1.807, 2.05) is 30.0 Å². The van der Waals surface area contributed by atoms with Gasteiger partial charge >= 0.3 is 0 Å². The molecular weight excluding hydrogens is 248 g/mol. The van der Waals surface area contributed by atoms with Gasteiger partial charge in [0.2, 0.25) is 0 Å². The van der Waals surface area contributed by atoms with E-state index >= 15 is 0 Å². The number of nitrogens with one attached hydrogen (secondary N) is 1. The fraction of sp³-hybridized carbons (Fsp3) is 0.588. The molecule has 1 N–H and O–H groups in total. The van der Waals surface area contributed by atoms with Crippen LogP contribution in [0.25, 0.3) is 0 Å². The van der Waals surface area contributed by atoms with E-state index in [-0.39, 0.29) is 5.91 Å². The van der Waals surface area contributed by atoms with Gasteiger partial charge in [0, 0.05) is 25.3 Å². The van der Waals surface area contributed by atoms with E-state index in [9.17, 15) is 4.79 Å². The molecule has 2 rings (SSSR count). The molecule has 0 saturated carbocycles. The number of benzene rings is 1. The van der Waals surface area contributed by atoms with Crippen LogP contribution in [0.3, 0.4) is 0 Å². The summed E-state index contributed by atoms with van der Waals surface area (Å²) in [5.41, 5.74) is 3.26. The van der Waals surface area contributed by atoms with Crippen LogP contribution in [0.4, 0.5) is 5.69 Å². The van der Waals surface area contributed by atoms with Crippen LogP contribution < -0.4 is 5.32 Å². The molecule has 1 aromatic rings. The van der Waals surface area contributed by atoms with Gasteiger partial charge in [-0.3, -0.25) is 4.79 Å². The van der Waals surface area contributed by atoms with Crippen LogP contribution in [0.1, 0.15) is 49.5 Å². The van der Waals surface area contributed by atoms with E-state index < -0.39 is 0 Å². The van der Waals surface area contributed by atoms with Crippen molar-refractivity contribution in [3.05, 3.63) is 29.3 Å². The number of piperidine rings is 1. The number of aryl methyl sites for hydroxylation is 1. The van der Waals surface area contributed by atoms with Gasteiger partial charge in [0.1, 0.15) is 0 Å². The number of carbonyl (C=O) groups excluding carboxylic acids is 1. The van der Waals surface area contributed by atoms with Crippen molar-refractivity contribution in [3.63, 3.8) is 0 Å². The average molecular weight is 274 g/mol. The molecule has 3 heteroatoms. The van der Waals surface area contributed by atoms with Gasteiger partial charge in [-0.15, -0.1) is 0 Å². The van der Waals surface area contributed by atoms with Crippen LogP contribution in [-0.4, -0.2) is 30.4 Å². The molecule has 0 unspecified atom stereocenters. The number of carbonyl (C=O) groups is 1. The van der Waals surface area contributed by atoms with E-state index in [1.165, 1.54) is 0 Å². The molecule has 1 aliphatic heterocycles. The normalized spacial score (nSPS) is 17.9. The maximum Gasteiger partial charge on any atom is 0.255 e. The number of amides is 1. The van der Waals surface area contributed by atoms with Crippen molar-refractivity contribution in [2.45, 2.75) is 40.5 Å². The van der Waals surface area contributed by atoms with Gasteiger partial charge in [-0.05, 0) is 44.2 Å². The number of anilines is 1.